The fourth-order valence-corrected chi connectivity index (χ4v) is 2.24. The lowest BCUT2D eigenvalue weighted by atomic mass is 9.87. The van der Waals surface area contributed by atoms with Gasteiger partial charge in [0.05, 0.1) is 11.1 Å². The molecular weight excluding hydrogens is 384 g/mol. The minimum Gasteiger partial charge on any atom is -0.494 e. The largest absolute Gasteiger partial charge is 0.494 e. The van der Waals surface area contributed by atoms with Crippen molar-refractivity contribution in [3.63, 3.8) is 0 Å². The molecule has 1 heterocycles. The van der Waals surface area contributed by atoms with Crippen LogP contribution < -0.4 is 15.4 Å². The monoisotopic (exact) mass is 406 g/mol. The summed E-state index contributed by atoms with van der Waals surface area (Å²) in [6.45, 7) is 7.57. The molecule has 1 aromatic heterocycles. The van der Waals surface area contributed by atoms with Crippen molar-refractivity contribution in [1.29, 1.82) is 0 Å². The molecule has 2 N–H and O–H groups in total. The van der Waals surface area contributed by atoms with Gasteiger partial charge in [-0.05, 0) is 45.5 Å². The highest BCUT2D eigenvalue weighted by Crippen LogP contribution is 2.24. The zero-order valence-electron chi connectivity index (χ0n) is 14.7. The van der Waals surface area contributed by atoms with Crippen molar-refractivity contribution in [2.75, 3.05) is 18.5 Å². The van der Waals surface area contributed by atoms with Gasteiger partial charge in [0.15, 0.2) is 0 Å². The molecule has 0 aliphatic rings. The summed E-state index contributed by atoms with van der Waals surface area (Å²) < 4.78 is 6.44. The van der Waals surface area contributed by atoms with Gasteiger partial charge in [-0.3, -0.25) is 5.32 Å². The first-order valence-corrected chi connectivity index (χ1v) is 8.89. The first kappa shape index (κ1) is 19.2. The number of carbonyl (C=O) groups is 1. The molecule has 0 fully saturated rings. The average molecular weight is 407 g/mol. The van der Waals surface area contributed by atoms with Gasteiger partial charge in [-0.1, -0.05) is 32.9 Å². The highest BCUT2D eigenvalue weighted by atomic mass is 79.9. The van der Waals surface area contributed by atoms with E-state index in [1.165, 1.54) is 5.56 Å². The molecule has 2 amide bonds. The van der Waals surface area contributed by atoms with E-state index >= 15 is 0 Å². The van der Waals surface area contributed by atoms with E-state index in [1.54, 1.807) is 12.4 Å². The van der Waals surface area contributed by atoms with E-state index in [0.29, 0.717) is 19.6 Å². The summed E-state index contributed by atoms with van der Waals surface area (Å²) in [5.74, 6) is 1.09. The Labute approximate surface area is 156 Å². The Morgan fingerprint density at radius 1 is 1.16 bits per heavy atom. The van der Waals surface area contributed by atoms with Crippen molar-refractivity contribution in [3.8, 4) is 5.75 Å². The molecule has 25 heavy (non-hydrogen) atoms. The first-order chi connectivity index (χ1) is 11.8. The summed E-state index contributed by atoms with van der Waals surface area (Å²) in [5, 5.41) is 5.30. The van der Waals surface area contributed by atoms with Crippen LogP contribution >= 0.6 is 15.9 Å². The number of nitrogens with one attached hydrogen (secondary N) is 2. The number of nitrogens with zero attached hydrogens (tertiary/aromatic N) is 2. The van der Waals surface area contributed by atoms with Crippen molar-refractivity contribution in [1.82, 2.24) is 15.3 Å². The number of hydrogen-bond donors (Lipinski definition) is 2. The Morgan fingerprint density at radius 3 is 2.40 bits per heavy atom. The molecule has 2 rings (SSSR count). The minimum atomic E-state index is -0.336. The molecule has 0 spiro atoms. The molecule has 0 atom stereocenters. The average Bonchev–Trinajstić information content (AvgIpc) is 2.56. The second kappa shape index (κ2) is 8.80. The summed E-state index contributed by atoms with van der Waals surface area (Å²) in [6, 6.07) is 7.78. The topological polar surface area (TPSA) is 76.1 Å². The van der Waals surface area contributed by atoms with Crippen molar-refractivity contribution in [3.05, 3.63) is 46.7 Å². The van der Waals surface area contributed by atoms with Crippen LogP contribution in [0, 0.1) is 0 Å². The number of aromatic nitrogens is 2. The van der Waals surface area contributed by atoms with E-state index in [-0.39, 0.29) is 17.4 Å². The number of carbonyl (C=O) groups excluding carboxylic acids is 1. The van der Waals surface area contributed by atoms with Gasteiger partial charge in [0, 0.05) is 18.9 Å². The maximum absolute atomic E-state index is 11.7. The molecule has 6 nitrogen and oxygen atoms in total. The normalized spacial score (nSPS) is 11.0. The lowest BCUT2D eigenvalue weighted by Gasteiger charge is -2.19. The molecule has 7 heteroatoms. The molecule has 0 radical (unpaired) electrons. The van der Waals surface area contributed by atoms with Crippen LogP contribution in [0.15, 0.2) is 41.1 Å². The van der Waals surface area contributed by atoms with E-state index in [0.717, 1.165) is 10.2 Å². The van der Waals surface area contributed by atoms with Crippen LogP contribution in [0.1, 0.15) is 32.8 Å². The number of urea groups is 1. The van der Waals surface area contributed by atoms with Crippen LogP contribution in [-0.4, -0.2) is 29.2 Å². The summed E-state index contributed by atoms with van der Waals surface area (Å²) in [5.41, 5.74) is 1.40. The number of halogens is 1. The van der Waals surface area contributed by atoms with E-state index in [2.05, 4.69) is 69.4 Å². The number of hydrogen-bond acceptors (Lipinski definition) is 4. The second-order valence-electron chi connectivity index (χ2n) is 6.58. The highest BCUT2D eigenvalue weighted by Gasteiger charge is 2.12. The van der Waals surface area contributed by atoms with Crippen LogP contribution in [0.3, 0.4) is 0 Å². The first-order valence-electron chi connectivity index (χ1n) is 8.10. The summed E-state index contributed by atoms with van der Waals surface area (Å²) in [7, 11) is 0. The minimum absolute atomic E-state index is 0.133. The Hall–Kier alpha value is -2.15. The van der Waals surface area contributed by atoms with Crippen LogP contribution in [0.2, 0.25) is 0 Å². The molecule has 0 unspecified atom stereocenters. The predicted octanol–water partition coefficient (Wildman–Crippen LogP) is 4.13. The SMILES string of the molecule is CC(C)(C)c1ccc(OCCCNC(=O)Nc2ncc(Br)cn2)cc1. The number of amides is 2. The van der Waals surface area contributed by atoms with Gasteiger partial charge in [0.2, 0.25) is 5.95 Å². The standard InChI is InChI=1S/C18H23BrN4O2/c1-18(2,3)13-5-7-15(8-6-13)25-10-4-9-20-17(24)23-16-21-11-14(19)12-22-16/h5-8,11-12H,4,9-10H2,1-3H3,(H2,20,21,22,23,24). The van der Waals surface area contributed by atoms with E-state index in [1.807, 2.05) is 12.1 Å². The van der Waals surface area contributed by atoms with Crippen LogP contribution in [-0.2, 0) is 5.41 Å². The Kier molecular flexibility index (Phi) is 6.75. The zero-order chi connectivity index (χ0) is 18.3. The van der Waals surface area contributed by atoms with Crippen LogP contribution in [0.5, 0.6) is 5.75 Å². The van der Waals surface area contributed by atoms with E-state index in [4.69, 9.17) is 4.74 Å². The van der Waals surface area contributed by atoms with Gasteiger partial charge >= 0.3 is 6.03 Å². The van der Waals surface area contributed by atoms with Gasteiger partial charge in [-0.15, -0.1) is 0 Å². The molecule has 2 aromatic rings. The molecule has 0 saturated heterocycles. The third-order valence-electron chi connectivity index (χ3n) is 3.44. The number of ether oxygens (including phenoxy) is 1. The van der Waals surface area contributed by atoms with Gasteiger partial charge in [-0.25, -0.2) is 14.8 Å². The van der Waals surface area contributed by atoms with Crippen molar-refractivity contribution >= 4 is 27.9 Å². The molecule has 1 aromatic carbocycles. The van der Waals surface area contributed by atoms with Crippen LogP contribution in [0.4, 0.5) is 10.7 Å². The fourth-order valence-electron chi connectivity index (χ4n) is 2.04. The van der Waals surface area contributed by atoms with Gasteiger partial charge < -0.3 is 10.1 Å². The Balaban J connectivity index is 1.64. The molecule has 0 saturated carbocycles. The second-order valence-corrected chi connectivity index (χ2v) is 7.50. The zero-order valence-corrected chi connectivity index (χ0v) is 16.3. The third kappa shape index (κ3) is 6.70. The third-order valence-corrected chi connectivity index (χ3v) is 3.85. The molecule has 0 aliphatic heterocycles. The fraction of sp³-hybridized carbons (Fsp3) is 0.389. The van der Waals surface area contributed by atoms with E-state index < -0.39 is 0 Å². The number of benzene rings is 1. The van der Waals surface area contributed by atoms with Gasteiger partial charge in [0.1, 0.15) is 5.75 Å². The number of rotatable bonds is 6. The molecule has 134 valence electrons. The lowest BCUT2D eigenvalue weighted by molar-refractivity contribution is 0.250. The van der Waals surface area contributed by atoms with Crippen molar-refractivity contribution in [2.24, 2.45) is 0 Å². The maximum Gasteiger partial charge on any atom is 0.321 e. The molecule has 0 bridgehead atoms. The maximum atomic E-state index is 11.7. The summed E-state index contributed by atoms with van der Waals surface area (Å²) >= 11 is 3.24. The summed E-state index contributed by atoms with van der Waals surface area (Å²) in [6.07, 6.45) is 3.85. The predicted molar refractivity (Wildman–Crippen MR) is 102 cm³/mol. The van der Waals surface area contributed by atoms with E-state index in [9.17, 15) is 4.79 Å². The lowest BCUT2D eigenvalue weighted by Crippen LogP contribution is -2.30. The Bertz CT molecular complexity index is 682. The van der Waals surface area contributed by atoms with Crippen LogP contribution in [0.25, 0.3) is 0 Å². The highest BCUT2D eigenvalue weighted by molar-refractivity contribution is 9.10. The van der Waals surface area contributed by atoms with Crippen molar-refractivity contribution < 1.29 is 9.53 Å². The van der Waals surface area contributed by atoms with Gasteiger partial charge in [0.25, 0.3) is 0 Å². The Morgan fingerprint density at radius 2 is 1.80 bits per heavy atom. The molecular formula is C18H23BrN4O2. The number of anilines is 1. The van der Waals surface area contributed by atoms with Gasteiger partial charge in [-0.2, -0.15) is 0 Å². The van der Waals surface area contributed by atoms with Crippen molar-refractivity contribution in [2.45, 2.75) is 32.6 Å². The quantitative estimate of drug-likeness (QED) is 0.707. The molecule has 0 aliphatic carbocycles. The smallest absolute Gasteiger partial charge is 0.321 e. The summed E-state index contributed by atoms with van der Waals surface area (Å²) in [4.78, 5) is 19.7.